The van der Waals surface area contributed by atoms with Crippen molar-refractivity contribution >= 4 is 34.3 Å². The van der Waals surface area contributed by atoms with Crippen molar-refractivity contribution in [1.29, 1.82) is 0 Å². The Kier molecular flexibility index (Phi) is 7.70. The molecular weight excluding hydrogens is 490 g/mol. The van der Waals surface area contributed by atoms with Crippen LogP contribution in [0.2, 0.25) is 0 Å². The van der Waals surface area contributed by atoms with E-state index in [1.807, 2.05) is 84.9 Å². The number of hydrogen-bond acceptors (Lipinski definition) is 4. The van der Waals surface area contributed by atoms with Gasteiger partial charge in [-0.2, -0.15) is 0 Å². The molecule has 1 heterocycles. The van der Waals surface area contributed by atoms with E-state index in [-0.39, 0.29) is 23.1 Å². The van der Waals surface area contributed by atoms with Crippen LogP contribution in [0.4, 0.5) is 5.69 Å². The lowest BCUT2D eigenvalue weighted by Crippen LogP contribution is -2.24. The molecule has 0 radical (unpaired) electrons. The van der Waals surface area contributed by atoms with E-state index in [4.69, 9.17) is 4.98 Å². The van der Waals surface area contributed by atoms with Crippen molar-refractivity contribution in [3.63, 3.8) is 0 Å². The third-order valence-electron chi connectivity index (χ3n) is 6.41. The molecule has 0 spiro atoms. The topological polar surface area (TPSA) is 64.0 Å². The number of thioether (sulfide) groups is 1. The summed E-state index contributed by atoms with van der Waals surface area (Å²) >= 11 is 1.27. The first-order valence-electron chi connectivity index (χ1n) is 12.7. The van der Waals surface area contributed by atoms with Gasteiger partial charge in [0.1, 0.15) is 0 Å². The highest BCUT2D eigenvalue weighted by Gasteiger charge is 2.18. The van der Waals surface area contributed by atoms with Gasteiger partial charge in [0.15, 0.2) is 5.16 Å². The number of hydrogen-bond donors (Lipinski definition) is 1. The Hall–Kier alpha value is -4.16. The molecule has 1 amide bonds. The zero-order valence-corrected chi connectivity index (χ0v) is 22.2. The summed E-state index contributed by atoms with van der Waals surface area (Å²) in [5.74, 6) is 0.183. The zero-order valence-electron chi connectivity index (χ0n) is 21.4. The monoisotopic (exact) mass is 519 g/mol. The van der Waals surface area contributed by atoms with Gasteiger partial charge < -0.3 is 5.32 Å². The van der Waals surface area contributed by atoms with Gasteiger partial charge in [0.25, 0.3) is 5.56 Å². The van der Waals surface area contributed by atoms with Crippen LogP contribution >= 0.6 is 11.8 Å². The van der Waals surface area contributed by atoms with E-state index in [1.54, 1.807) is 10.6 Å². The summed E-state index contributed by atoms with van der Waals surface area (Å²) < 4.78 is 1.65. The van der Waals surface area contributed by atoms with Gasteiger partial charge in [-0.25, -0.2) is 4.98 Å². The van der Waals surface area contributed by atoms with Crippen LogP contribution in [0.3, 0.4) is 0 Å². The lowest BCUT2D eigenvalue weighted by molar-refractivity contribution is -0.113. The Morgan fingerprint density at radius 3 is 2.37 bits per heavy atom. The molecule has 38 heavy (non-hydrogen) atoms. The van der Waals surface area contributed by atoms with Crippen molar-refractivity contribution in [1.82, 2.24) is 9.55 Å². The number of benzene rings is 4. The first kappa shape index (κ1) is 25.5. The number of nitrogens with one attached hydrogen (secondary N) is 1. The van der Waals surface area contributed by atoms with Crippen LogP contribution < -0.4 is 10.9 Å². The van der Waals surface area contributed by atoms with Gasteiger partial charge in [-0.3, -0.25) is 14.2 Å². The highest BCUT2D eigenvalue weighted by molar-refractivity contribution is 7.99. The number of para-hydroxylation sites is 3. The molecule has 0 atom stereocenters. The molecule has 0 aliphatic carbocycles. The van der Waals surface area contributed by atoms with Crippen molar-refractivity contribution in [2.75, 3.05) is 11.1 Å². The van der Waals surface area contributed by atoms with Crippen molar-refractivity contribution in [3.05, 3.63) is 130 Å². The van der Waals surface area contributed by atoms with Gasteiger partial charge in [-0.05, 0) is 53.3 Å². The average Bonchev–Trinajstić information content (AvgIpc) is 2.94. The average molecular weight is 520 g/mol. The van der Waals surface area contributed by atoms with E-state index in [2.05, 4.69) is 31.3 Å². The molecule has 0 aliphatic rings. The van der Waals surface area contributed by atoms with E-state index < -0.39 is 0 Å². The Balaban J connectivity index is 1.44. The summed E-state index contributed by atoms with van der Waals surface area (Å²) in [4.78, 5) is 31.6. The second-order valence-corrected chi connectivity index (χ2v) is 10.4. The summed E-state index contributed by atoms with van der Waals surface area (Å²) in [6.07, 6.45) is 0.724. The molecule has 0 saturated heterocycles. The van der Waals surface area contributed by atoms with Crippen molar-refractivity contribution in [2.45, 2.75) is 31.3 Å². The number of carbonyl (C=O) groups is 1. The maximum Gasteiger partial charge on any atom is 0.266 e. The zero-order chi connectivity index (χ0) is 26.5. The second kappa shape index (κ2) is 11.5. The van der Waals surface area contributed by atoms with Crippen LogP contribution in [-0.2, 0) is 11.2 Å². The van der Waals surface area contributed by atoms with Gasteiger partial charge in [0.05, 0.1) is 22.3 Å². The fourth-order valence-electron chi connectivity index (χ4n) is 4.53. The fourth-order valence-corrected chi connectivity index (χ4v) is 5.34. The van der Waals surface area contributed by atoms with E-state index in [0.29, 0.717) is 16.1 Å². The van der Waals surface area contributed by atoms with Crippen molar-refractivity contribution in [3.8, 4) is 5.69 Å². The third kappa shape index (κ3) is 5.55. The minimum atomic E-state index is -0.151. The summed E-state index contributed by atoms with van der Waals surface area (Å²) in [6.45, 7) is 4.21. The molecule has 1 N–H and O–H groups in total. The summed E-state index contributed by atoms with van der Waals surface area (Å²) in [5.41, 5.74) is 5.33. The maximum atomic E-state index is 13.7. The first-order valence-corrected chi connectivity index (χ1v) is 13.7. The molecule has 4 aromatic carbocycles. The highest BCUT2D eigenvalue weighted by atomic mass is 32.2. The van der Waals surface area contributed by atoms with Crippen LogP contribution in [0.1, 0.15) is 36.5 Å². The number of fused-ring (bicyclic) bond motifs is 1. The lowest BCUT2D eigenvalue weighted by atomic mass is 10.0. The van der Waals surface area contributed by atoms with E-state index in [9.17, 15) is 9.59 Å². The van der Waals surface area contributed by atoms with Crippen LogP contribution in [0.25, 0.3) is 16.6 Å². The molecule has 0 bridgehead atoms. The van der Waals surface area contributed by atoms with E-state index in [0.717, 1.165) is 28.9 Å². The van der Waals surface area contributed by atoms with Gasteiger partial charge in [-0.15, -0.1) is 0 Å². The minimum absolute atomic E-state index is 0.119. The van der Waals surface area contributed by atoms with Crippen LogP contribution in [-0.4, -0.2) is 21.2 Å². The Morgan fingerprint density at radius 2 is 1.55 bits per heavy atom. The normalized spacial score (nSPS) is 11.1. The van der Waals surface area contributed by atoms with Gasteiger partial charge >= 0.3 is 0 Å². The third-order valence-corrected chi connectivity index (χ3v) is 7.34. The summed E-state index contributed by atoms with van der Waals surface area (Å²) in [7, 11) is 0. The van der Waals surface area contributed by atoms with Crippen molar-refractivity contribution < 1.29 is 4.79 Å². The SMILES string of the molecule is CC(C)c1ccccc1-n1c(SCC(=O)Nc2ccccc2Cc2ccccc2)nc2ccccc2c1=O. The molecular formula is C32H29N3O2S. The van der Waals surface area contributed by atoms with Crippen LogP contribution in [0.15, 0.2) is 113 Å². The molecule has 0 saturated carbocycles. The predicted octanol–water partition coefficient (Wildman–Crippen LogP) is 6.83. The minimum Gasteiger partial charge on any atom is -0.325 e. The second-order valence-electron chi connectivity index (χ2n) is 9.42. The highest BCUT2D eigenvalue weighted by Crippen LogP contribution is 2.27. The molecule has 6 heteroatoms. The smallest absolute Gasteiger partial charge is 0.266 e. The number of amides is 1. The quantitative estimate of drug-likeness (QED) is 0.180. The Morgan fingerprint density at radius 1 is 0.868 bits per heavy atom. The number of aromatic nitrogens is 2. The standard InChI is InChI=1S/C32H29N3O2S/c1-22(2)25-15-8-11-19-29(25)35-31(37)26-16-7-10-18-28(26)34-32(35)38-21-30(36)33-27-17-9-6-14-24(27)20-23-12-4-3-5-13-23/h3-19,22H,20-21H2,1-2H3,(H,33,36). The van der Waals surface area contributed by atoms with Gasteiger partial charge in [0.2, 0.25) is 5.91 Å². The maximum absolute atomic E-state index is 13.7. The number of rotatable bonds is 8. The Bertz CT molecular complexity index is 1640. The van der Waals surface area contributed by atoms with Crippen LogP contribution in [0, 0.1) is 0 Å². The Labute approximate surface area is 226 Å². The molecule has 0 fully saturated rings. The molecule has 5 rings (SSSR count). The molecule has 190 valence electrons. The molecule has 5 aromatic rings. The van der Waals surface area contributed by atoms with E-state index >= 15 is 0 Å². The summed E-state index contributed by atoms with van der Waals surface area (Å²) in [6, 6.07) is 33.2. The number of nitrogens with zero attached hydrogens (tertiary/aromatic N) is 2. The van der Waals surface area contributed by atoms with Crippen LogP contribution in [0.5, 0.6) is 0 Å². The lowest BCUT2D eigenvalue weighted by Gasteiger charge is -2.18. The number of anilines is 1. The largest absolute Gasteiger partial charge is 0.325 e. The van der Waals surface area contributed by atoms with Gasteiger partial charge in [-0.1, -0.05) is 104 Å². The number of carbonyl (C=O) groups excluding carboxylic acids is 1. The first-order chi connectivity index (χ1) is 18.5. The summed E-state index contributed by atoms with van der Waals surface area (Å²) in [5, 5.41) is 4.11. The van der Waals surface area contributed by atoms with Crippen molar-refractivity contribution in [2.24, 2.45) is 0 Å². The molecule has 0 aliphatic heterocycles. The molecule has 0 unspecified atom stereocenters. The van der Waals surface area contributed by atoms with E-state index in [1.165, 1.54) is 17.3 Å². The predicted molar refractivity (Wildman–Crippen MR) is 156 cm³/mol. The molecule has 5 nitrogen and oxygen atoms in total. The van der Waals surface area contributed by atoms with Gasteiger partial charge in [0, 0.05) is 5.69 Å². The fraction of sp³-hybridized carbons (Fsp3) is 0.156. The molecule has 1 aromatic heterocycles.